The molecule has 0 saturated carbocycles. The molecule has 0 fully saturated rings. The third kappa shape index (κ3) is 3.79. The SMILES string of the molecule is COc1ccc(OC)c(C(=O)Nc2ccc(C)c(C(F)(F)F)c2)c1. The van der Waals surface area contributed by atoms with Crippen LogP contribution in [0.5, 0.6) is 11.5 Å². The summed E-state index contributed by atoms with van der Waals surface area (Å²) in [4.78, 5) is 12.4. The van der Waals surface area contributed by atoms with Crippen LogP contribution in [-0.2, 0) is 6.18 Å². The number of ether oxygens (including phenoxy) is 2. The zero-order valence-corrected chi connectivity index (χ0v) is 13.3. The van der Waals surface area contributed by atoms with Gasteiger partial charge in [0.15, 0.2) is 0 Å². The van der Waals surface area contributed by atoms with Gasteiger partial charge in [0.05, 0.1) is 25.3 Å². The molecule has 2 aromatic carbocycles. The molecule has 0 atom stereocenters. The van der Waals surface area contributed by atoms with Crippen molar-refractivity contribution in [3.05, 3.63) is 53.1 Å². The second kappa shape index (κ2) is 6.82. The molecule has 24 heavy (non-hydrogen) atoms. The average Bonchev–Trinajstić information content (AvgIpc) is 2.54. The molecule has 0 aliphatic rings. The maximum absolute atomic E-state index is 13.0. The van der Waals surface area contributed by atoms with E-state index in [-0.39, 0.29) is 22.6 Å². The smallest absolute Gasteiger partial charge is 0.416 e. The van der Waals surface area contributed by atoms with Gasteiger partial charge in [0, 0.05) is 5.69 Å². The van der Waals surface area contributed by atoms with Gasteiger partial charge >= 0.3 is 6.18 Å². The number of aryl methyl sites for hydroxylation is 1. The van der Waals surface area contributed by atoms with Gasteiger partial charge in [-0.2, -0.15) is 13.2 Å². The minimum absolute atomic E-state index is 0.0443. The standard InChI is InChI=1S/C17H16F3NO3/c1-10-4-5-11(8-14(10)17(18,19)20)21-16(22)13-9-12(23-2)6-7-15(13)24-3/h4-9H,1-3H3,(H,21,22). The fourth-order valence-electron chi connectivity index (χ4n) is 2.20. The van der Waals surface area contributed by atoms with Crippen molar-refractivity contribution in [2.75, 3.05) is 19.5 Å². The van der Waals surface area contributed by atoms with E-state index in [0.717, 1.165) is 6.07 Å². The Hall–Kier alpha value is -2.70. The first-order valence-electron chi connectivity index (χ1n) is 6.97. The fourth-order valence-corrected chi connectivity index (χ4v) is 2.20. The average molecular weight is 339 g/mol. The molecule has 0 spiro atoms. The first-order valence-corrected chi connectivity index (χ1v) is 6.97. The second-order valence-corrected chi connectivity index (χ2v) is 5.05. The number of anilines is 1. The highest BCUT2D eigenvalue weighted by Gasteiger charge is 2.32. The number of alkyl halides is 3. The highest BCUT2D eigenvalue weighted by molar-refractivity contribution is 6.06. The lowest BCUT2D eigenvalue weighted by Gasteiger charge is -2.14. The molecule has 2 rings (SSSR count). The number of nitrogens with one attached hydrogen (secondary N) is 1. The predicted octanol–water partition coefficient (Wildman–Crippen LogP) is 4.28. The summed E-state index contributed by atoms with van der Waals surface area (Å²) >= 11 is 0. The number of amides is 1. The second-order valence-electron chi connectivity index (χ2n) is 5.05. The maximum atomic E-state index is 13.0. The monoisotopic (exact) mass is 339 g/mol. The molecular formula is C17H16F3NO3. The molecule has 7 heteroatoms. The third-order valence-electron chi connectivity index (χ3n) is 3.45. The Balaban J connectivity index is 2.34. The van der Waals surface area contributed by atoms with Gasteiger partial charge in [0.25, 0.3) is 5.91 Å². The molecule has 0 aromatic heterocycles. The summed E-state index contributed by atoms with van der Waals surface area (Å²) in [7, 11) is 2.84. The van der Waals surface area contributed by atoms with Gasteiger partial charge in [-0.25, -0.2) is 0 Å². The van der Waals surface area contributed by atoms with Crippen molar-refractivity contribution >= 4 is 11.6 Å². The molecule has 0 aliphatic heterocycles. The highest BCUT2D eigenvalue weighted by atomic mass is 19.4. The van der Waals surface area contributed by atoms with Crippen LogP contribution in [0.1, 0.15) is 21.5 Å². The number of carbonyl (C=O) groups is 1. The number of hydrogen-bond donors (Lipinski definition) is 1. The predicted molar refractivity (Wildman–Crippen MR) is 83.7 cm³/mol. The van der Waals surface area contributed by atoms with Crippen LogP contribution < -0.4 is 14.8 Å². The summed E-state index contributed by atoms with van der Waals surface area (Å²) in [6.45, 7) is 1.36. The summed E-state index contributed by atoms with van der Waals surface area (Å²) in [5, 5.41) is 2.45. The van der Waals surface area contributed by atoms with E-state index in [2.05, 4.69) is 5.32 Å². The third-order valence-corrected chi connectivity index (χ3v) is 3.45. The van der Waals surface area contributed by atoms with Gasteiger partial charge in [0.1, 0.15) is 11.5 Å². The number of halogens is 3. The van der Waals surface area contributed by atoms with Crippen LogP contribution in [0.3, 0.4) is 0 Å². The van der Waals surface area contributed by atoms with Gasteiger partial charge in [-0.05, 0) is 42.8 Å². The van der Waals surface area contributed by atoms with Crippen molar-refractivity contribution in [2.45, 2.75) is 13.1 Å². The molecule has 4 nitrogen and oxygen atoms in total. The lowest BCUT2D eigenvalue weighted by molar-refractivity contribution is -0.138. The van der Waals surface area contributed by atoms with Crippen molar-refractivity contribution in [1.82, 2.24) is 0 Å². The number of rotatable bonds is 4. The minimum atomic E-state index is -4.49. The number of benzene rings is 2. The van der Waals surface area contributed by atoms with Crippen molar-refractivity contribution < 1.29 is 27.4 Å². The fraction of sp³-hybridized carbons (Fsp3) is 0.235. The van der Waals surface area contributed by atoms with Crippen molar-refractivity contribution in [2.24, 2.45) is 0 Å². The Morgan fingerprint density at radius 2 is 1.75 bits per heavy atom. The Labute approximate surface area is 137 Å². The van der Waals surface area contributed by atoms with Crippen LogP contribution in [-0.4, -0.2) is 20.1 Å². The van der Waals surface area contributed by atoms with Crippen LogP contribution in [0.4, 0.5) is 18.9 Å². The molecule has 2 aromatic rings. The van der Waals surface area contributed by atoms with Crippen LogP contribution >= 0.6 is 0 Å². The van der Waals surface area contributed by atoms with Gasteiger partial charge in [-0.3, -0.25) is 4.79 Å². The molecular weight excluding hydrogens is 323 g/mol. The molecule has 0 bridgehead atoms. The van der Waals surface area contributed by atoms with Crippen molar-refractivity contribution in [3.63, 3.8) is 0 Å². The minimum Gasteiger partial charge on any atom is -0.497 e. The molecule has 1 amide bonds. The molecule has 128 valence electrons. The molecule has 1 N–H and O–H groups in total. The number of methoxy groups -OCH3 is 2. The van der Waals surface area contributed by atoms with Gasteiger partial charge in [-0.15, -0.1) is 0 Å². The largest absolute Gasteiger partial charge is 0.497 e. The molecule has 0 aliphatic carbocycles. The Bertz CT molecular complexity index is 757. The Morgan fingerprint density at radius 3 is 2.33 bits per heavy atom. The van der Waals surface area contributed by atoms with Gasteiger partial charge < -0.3 is 14.8 Å². The van der Waals surface area contributed by atoms with E-state index in [9.17, 15) is 18.0 Å². The zero-order chi connectivity index (χ0) is 17.9. The lowest BCUT2D eigenvalue weighted by atomic mass is 10.1. The summed E-state index contributed by atoms with van der Waals surface area (Å²) in [6, 6.07) is 8.23. The number of carbonyl (C=O) groups excluding carboxylic acids is 1. The van der Waals surface area contributed by atoms with Crippen LogP contribution in [0.15, 0.2) is 36.4 Å². The Morgan fingerprint density at radius 1 is 1.04 bits per heavy atom. The van der Waals surface area contributed by atoms with Crippen LogP contribution in [0.2, 0.25) is 0 Å². The van der Waals surface area contributed by atoms with Gasteiger partial charge in [-0.1, -0.05) is 6.07 Å². The van der Waals surface area contributed by atoms with E-state index in [4.69, 9.17) is 9.47 Å². The normalized spacial score (nSPS) is 11.1. The summed E-state index contributed by atoms with van der Waals surface area (Å²) in [6.07, 6.45) is -4.49. The maximum Gasteiger partial charge on any atom is 0.416 e. The molecule has 0 saturated heterocycles. The lowest BCUT2D eigenvalue weighted by Crippen LogP contribution is -2.15. The first-order chi connectivity index (χ1) is 11.3. The van der Waals surface area contributed by atoms with Gasteiger partial charge in [0.2, 0.25) is 0 Å². The number of hydrogen-bond acceptors (Lipinski definition) is 3. The van der Waals surface area contributed by atoms with E-state index in [1.165, 1.54) is 39.3 Å². The summed E-state index contributed by atoms with van der Waals surface area (Å²) in [5.41, 5.74) is -0.508. The van der Waals surface area contributed by atoms with E-state index in [1.807, 2.05) is 0 Å². The van der Waals surface area contributed by atoms with E-state index < -0.39 is 17.6 Å². The van der Waals surface area contributed by atoms with Crippen molar-refractivity contribution in [3.8, 4) is 11.5 Å². The molecule has 0 unspecified atom stereocenters. The summed E-state index contributed by atoms with van der Waals surface area (Å²) < 4.78 is 49.0. The Kier molecular flexibility index (Phi) is 5.02. The van der Waals surface area contributed by atoms with E-state index in [0.29, 0.717) is 5.75 Å². The zero-order valence-electron chi connectivity index (χ0n) is 13.3. The van der Waals surface area contributed by atoms with E-state index >= 15 is 0 Å². The quantitative estimate of drug-likeness (QED) is 0.904. The van der Waals surface area contributed by atoms with Crippen LogP contribution in [0.25, 0.3) is 0 Å². The van der Waals surface area contributed by atoms with Crippen molar-refractivity contribution in [1.29, 1.82) is 0 Å². The van der Waals surface area contributed by atoms with Crippen LogP contribution in [0, 0.1) is 6.92 Å². The molecule has 0 radical (unpaired) electrons. The topological polar surface area (TPSA) is 47.6 Å². The van der Waals surface area contributed by atoms with E-state index in [1.54, 1.807) is 12.1 Å². The highest BCUT2D eigenvalue weighted by Crippen LogP contribution is 2.33. The first kappa shape index (κ1) is 17.7. The molecule has 0 heterocycles. The summed E-state index contributed by atoms with van der Waals surface area (Å²) in [5.74, 6) is 0.125.